The molecule has 0 fully saturated rings. The van der Waals surface area contributed by atoms with E-state index in [1.165, 1.54) is 16.9 Å². The third-order valence-electron chi connectivity index (χ3n) is 4.12. The van der Waals surface area contributed by atoms with Gasteiger partial charge in [-0.25, -0.2) is 8.78 Å². The van der Waals surface area contributed by atoms with Crippen molar-refractivity contribution in [2.45, 2.75) is 0 Å². The van der Waals surface area contributed by atoms with Crippen LogP contribution in [0.4, 0.5) is 14.5 Å². The predicted molar refractivity (Wildman–Crippen MR) is 106 cm³/mol. The second kappa shape index (κ2) is 9.03. The summed E-state index contributed by atoms with van der Waals surface area (Å²) < 4.78 is 33.6. The molecular formula is C20H19F2N5O3. The number of ether oxygens (including phenoxy) is 1. The van der Waals surface area contributed by atoms with Crippen molar-refractivity contribution < 1.29 is 23.1 Å². The molecule has 0 spiro atoms. The molecule has 3 aromatic rings. The fraction of sp³-hybridized carbons (Fsp3) is 0.150. The molecule has 0 aliphatic carbocycles. The molecule has 0 radical (unpaired) electrons. The first kappa shape index (κ1) is 20.8. The Morgan fingerprint density at radius 1 is 1.10 bits per heavy atom. The van der Waals surface area contributed by atoms with Gasteiger partial charge in [-0.15, -0.1) is 0 Å². The van der Waals surface area contributed by atoms with Crippen LogP contribution in [0.2, 0.25) is 0 Å². The first-order chi connectivity index (χ1) is 14.4. The number of methoxy groups -OCH3 is 1. The van der Waals surface area contributed by atoms with Crippen molar-refractivity contribution in [1.29, 1.82) is 0 Å². The van der Waals surface area contributed by atoms with Crippen molar-refractivity contribution >= 4 is 17.5 Å². The molecule has 3 rings (SSSR count). The number of benzene rings is 2. The number of hydrazine groups is 1. The molecule has 0 atom stereocenters. The van der Waals surface area contributed by atoms with Gasteiger partial charge < -0.3 is 10.1 Å². The minimum absolute atomic E-state index is 0.0198. The van der Waals surface area contributed by atoms with E-state index in [0.29, 0.717) is 17.5 Å². The monoisotopic (exact) mass is 415 g/mol. The average Bonchev–Trinajstić information content (AvgIpc) is 3.12. The molecule has 1 heterocycles. The SMILES string of the molecule is COc1ccc(NCC(=O)NNC(=O)c2cn(C)nc2-c2ccc(F)cc2F)cc1. The zero-order valence-corrected chi connectivity index (χ0v) is 16.2. The van der Waals surface area contributed by atoms with E-state index >= 15 is 0 Å². The molecule has 1 aromatic heterocycles. The number of hydrogen-bond donors (Lipinski definition) is 3. The lowest BCUT2D eigenvalue weighted by atomic mass is 10.1. The second-order valence-corrected chi connectivity index (χ2v) is 6.27. The zero-order valence-electron chi connectivity index (χ0n) is 16.2. The number of nitrogens with zero attached hydrogens (tertiary/aromatic N) is 2. The van der Waals surface area contributed by atoms with E-state index in [4.69, 9.17) is 4.74 Å². The van der Waals surface area contributed by atoms with Crippen LogP contribution in [-0.2, 0) is 11.8 Å². The predicted octanol–water partition coefficient (Wildman–Crippen LogP) is 2.25. The third kappa shape index (κ3) is 4.90. The molecule has 0 unspecified atom stereocenters. The van der Waals surface area contributed by atoms with Gasteiger partial charge in [0.05, 0.1) is 19.2 Å². The van der Waals surface area contributed by atoms with Crippen molar-refractivity contribution in [3.8, 4) is 17.0 Å². The molecule has 0 saturated heterocycles. The summed E-state index contributed by atoms with van der Waals surface area (Å²) in [5, 5.41) is 6.96. The molecule has 0 bridgehead atoms. The average molecular weight is 415 g/mol. The number of hydrogen-bond acceptors (Lipinski definition) is 5. The van der Waals surface area contributed by atoms with Crippen LogP contribution in [0.25, 0.3) is 11.3 Å². The second-order valence-electron chi connectivity index (χ2n) is 6.27. The van der Waals surface area contributed by atoms with E-state index in [1.54, 1.807) is 38.4 Å². The number of nitrogens with one attached hydrogen (secondary N) is 3. The van der Waals surface area contributed by atoms with Gasteiger partial charge >= 0.3 is 0 Å². The Labute approximate surface area is 170 Å². The van der Waals surface area contributed by atoms with Gasteiger partial charge in [0, 0.05) is 30.6 Å². The Balaban J connectivity index is 1.61. The molecule has 0 aliphatic heterocycles. The van der Waals surface area contributed by atoms with Gasteiger partial charge in [-0.2, -0.15) is 5.10 Å². The lowest BCUT2D eigenvalue weighted by molar-refractivity contribution is -0.120. The van der Waals surface area contributed by atoms with Crippen LogP contribution in [0.15, 0.2) is 48.7 Å². The van der Waals surface area contributed by atoms with E-state index in [9.17, 15) is 18.4 Å². The normalized spacial score (nSPS) is 10.4. The fourth-order valence-corrected chi connectivity index (χ4v) is 2.66. The number of carbonyl (C=O) groups is 2. The summed E-state index contributed by atoms with van der Waals surface area (Å²) >= 11 is 0. The van der Waals surface area contributed by atoms with Gasteiger partial charge in [-0.1, -0.05) is 0 Å². The Morgan fingerprint density at radius 2 is 1.83 bits per heavy atom. The van der Waals surface area contributed by atoms with Gasteiger partial charge in [0.15, 0.2) is 0 Å². The summed E-state index contributed by atoms with van der Waals surface area (Å²) in [5.41, 5.74) is 5.23. The van der Waals surface area contributed by atoms with Crippen LogP contribution < -0.4 is 20.9 Å². The Hall–Kier alpha value is -3.95. The highest BCUT2D eigenvalue weighted by Crippen LogP contribution is 2.25. The Bertz CT molecular complexity index is 1070. The van der Waals surface area contributed by atoms with Crippen molar-refractivity contribution in [2.75, 3.05) is 19.0 Å². The van der Waals surface area contributed by atoms with Gasteiger partial charge in [-0.3, -0.25) is 25.1 Å². The summed E-state index contributed by atoms with van der Waals surface area (Å²) in [5.74, 6) is -2.11. The van der Waals surface area contributed by atoms with E-state index in [2.05, 4.69) is 21.3 Å². The van der Waals surface area contributed by atoms with E-state index < -0.39 is 23.4 Å². The van der Waals surface area contributed by atoms with Gasteiger partial charge in [0.2, 0.25) is 0 Å². The first-order valence-electron chi connectivity index (χ1n) is 8.83. The first-order valence-corrected chi connectivity index (χ1v) is 8.83. The van der Waals surface area contributed by atoms with Crippen molar-refractivity contribution in [2.24, 2.45) is 7.05 Å². The number of carbonyl (C=O) groups excluding carboxylic acids is 2. The fourth-order valence-electron chi connectivity index (χ4n) is 2.66. The lowest BCUT2D eigenvalue weighted by Crippen LogP contribution is -2.44. The number of amides is 2. The van der Waals surface area contributed by atoms with Crippen LogP contribution in [0.5, 0.6) is 5.75 Å². The largest absolute Gasteiger partial charge is 0.497 e. The molecule has 2 aromatic carbocycles. The van der Waals surface area contributed by atoms with Crippen molar-refractivity contribution in [1.82, 2.24) is 20.6 Å². The minimum Gasteiger partial charge on any atom is -0.497 e. The molecule has 2 amide bonds. The lowest BCUT2D eigenvalue weighted by Gasteiger charge is -2.10. The summed E-state index contributed by atoms with van der Waals surface area (Å²) in [6, 6.07) is 9.93. The van der Waals surface area contributed by atoms with Crippen LogP contribution in [0.1, 0.15) is 10.4 Å². The number of aryl methyl sites for hydroxylation is 1. The molecule has 30 heavy (non-hydrogen) atoms. The maximum absolute atomic E-state index is 14.1. The van der Waals surface area contributed by atoms with E-state index in [-0.39, 0.29) is 23.4 Å². The van der Waals surface area contributed by atoms with Crippen LogP contribution in [0, 0.1) is 11.6 Å². The van der Waals surface area contributed by atoms with Gasteiger partial charge in [0.1, 0.15) is 23.1 Å². The molecular weight excluding hydrogens is 396 g/mol. The smallest absolute Gasteiger partial charge is 0.273 e. The quantitative estimate of drug-likeness (QED) is 0.537. The van der Waals surface area contributed by atoms with Crippen LogP contribution in [0.3, 0.4) is 0 Å². The van der Waals surface area contributed by atoms with Crippen molar-refractivity contribution in [3.05, 3.63) is 65.9 Å². The van der Waals surface area contributed by atoms with E-state index in [0.717, 1.165) is 6.07 Å². The summed E-state index contributed by atoms with van der Waals surface area (Å²) in [4.78, 5) is 24.5. The Kier molecular flexibility index (Phi) is 6.26. The maximum atomic E-state index is 14.1. The van der Waals surface area contributed by atoms with E-state index in [1.807, 2.05) is 0 Å². The number of aromatic nitrogens is 2. The highest BCUT2D eigenvalue weighted by molar-refractivity contribution is 6.00. The van der Waals surface area contributed by atoms with Crippen molar-refractivity contribution in [3.63, 3.8) is 0 Å². The van der Waals surface area contributed by atoms with Gasteiger partial charge in [0.25, 0.3) is 11.8 Å². The minimum atomic E-state index is -0.851. The molecule has 3 N–H and O–H groups in total. The highest BCUT2D eigenvalue weighted by atomic mass is 19.1. The number of halogens is 2. The standard InChI is InChI=1S/C20H19F2N5O3/c1-27-11-16(19(26-27)15-8-3-12(21)9-17(15)22)20(29)25-24-18(28)10-23-13-4-6-14(30-2)7-5-13/h3-9,11,23H,10H2,1-2H3,(H,24,28)(H,25,29). The third-order valence-corrected chi connectivity index (χ3v) is 4.12. The summed E-state index contributed by atoms with van der Waals surface area (Å²) in [7, 11) is 3.11. The van der Waals surface area contributed by atoms with Crippen LogP contribution >= 0.6 is 0 Å². The zero-order chi connectivity index (χ0) is 21.7. The summed E-state index contributed by atoms with van der Waals surface area (Å²) in [6.45, 7) is -0.0981. The van der Waals surface area contributed by atoms with Gasteiger partial charge in [-0.05, 0) is 36.4 Å². The molecule has 0 saturated carbocycles. The molecule has 8 nitrogen and oxygen atoms in total. The van der Waals surface area contributed by atoms with Crippen LogP contribution in [-0.4, -0.2) is 35.2 Å². The Morgan fingerprint density at radius 3 is 2.50 bits per heavy atom. The summed E-state index contributed by atoms with van der Waals surface area (Å²) in [6.07, 6.45) is 1.37. The number of rotatable bonds is 6. The highest BCUT2D eigenvalue weighted by Gasteiger charge is 2.20. The molecule has 156 valence electrons. The maximum Gasteiger partial charge on any atom is 0.273 e. The molecule has 0 aliphatic rings. The number of anilines is 1. The topological polar surface area (TPSA) is 97.3 Å². The molecule has 10 heteroatoms.